The number of esters is 1. The van der Waals surface area contributed by atoms with Gasteiger partial charge >= 0.3 is 5.97 Å². The molecule has 7 heterocycles. The molecule has 5 aliphatic heterocycles. The Kier molecular flexibility index (Phi) is 24.2. The number of carbonyl (C=O) groups excluding carboxylic acids is 12. The number of nitrogens with zero attached hydrogens (tertiary/aromatic N) is 3. The topological polar surface area (TPSA) is 510 Å². The second-order valence-electron chi connectivity index (χ2n) is 25.5. The first-order chi connectivity index (χ1) is 49.2. The molecule has 2 unspecified atom stereocenters. The number of hydrogen-bond acceptors (Lipinski definition) is 24. The molecule has 10 rings (SSSR count). The van der Waals surface area contributed by atoms with Crippen molar-refractivity contribution in [3.05, 3.63) is 110 Å². The van der Waals surface area contributed by atoms with Crippen molar-refractivity contribution in [1.82, 2.24) is 62.3 Å². The predicted octanol–water partition coefficient (Wildman–Crippen LogP) is -5.33. The minimum atomic E-state index is -2.09. The van der Waals surface area contributed by atoms with Gasteiger partial charge in [-0.1, -0.05) is 43.7 Å². The van der Waals surface area contributed by atoms with E-state index >= 15 is 4.39 Å². The number of rotatable bonds is 31. The minimum Gasteiger partial charge on any atom is -0.458 e. The summed E-state index contributed by atoms with van der Waals surface area (Å²) < 4.78 is 38.3. The van der Waals surface area contributed by atoms with Crippen LogP contribution in [0.3, 0.4) is 0 Å². The van der Waals surface area contributed by atoms with Gasteiger partial charge in [-0.15, -0.1) is 0 Å². The summed E-state index contributed by atoms with van der Waals surface area (Å²) >= 11 is 0. The molecule has 36 heteroatoms. The normalized spacial score (nSPS) is 23.3. The van der Waals surface area contributed by atoms with Crippen molar-refractivity contribution in [2.45, 2.75) is 164 Å². The highest BCUT2D eigenvalue weighted by atomic mass is 19.1. The van der Waals surface area contributed by atoms with Crippen LogP contribution in [-0.4, -0.2) is 223 Å². The summed E-state index contributed by atoms with van der Waals surface area (Å²) in [5.41, 5.74) is 1.32. The number of ether oxygens (including phenoxy) is 4. The summed E-state index contributed by atoms with van der Waals surface area (Å²) in [7, 11) is 0. The first-order valence-electron chi connectivity index (χ1n) is 33.4. The number of aliphatic hydroxyl groups excluding tert-OH is 5. The van der Waals surface area contributed by atoms with Crippen LogP contribution in [0, 0.1) is 12.7 Å². The Bertz CT molecular complexity index is 4100. The molecule has 2 saturated heterocycles. The van der Waals surface area contributed by atoms with Gasteiger partial charge in [0.2, 0.25) is 47.3 Å². The van der Waals surface area contributed by atoms with Crippen LogP contribution in [0.4, 0.5) is 4.39 Å². The number of pyridine rings is 2. The molecule has 12 atom stereocenters. The van der Waals surface area contributed by atoms with Crippen LogP contribution in [0.1, 0.15) is 103 Å². The van der Waals surface area contributed by atoms with Gasteiger partial charge < -0.3 is 102 Å². The molecule has 11 amide bonds. The maximum absolute atomic E-state index is 15.5. The van der Waals surface area contributed by atoms with Gasteiger partial charge in [0, 0.05) is 60.5 Å². The zero-order valence-electron chi connectivity index (χ0n) is 55.8. The maximum Gasteiger partial charge on any atom is 0.343 e. The lowest BCUT2D eigenvalue weighted by Crippen LogP contribution is -2.53. The number of unbranched alkanes of at least 4 members (excludes halogenated alkanes) is 2. The quantitative estimate of drug-likeness (QED) is 0.00853. The molecule has 103 heavy (non-hydrogen) atoms. The van der Waals surface area contributed by atoms with E-state index in [1.54, 1.807) is 44.2 Å². The van der Waals surface area contributed by atoms with E-state index in [1.807, 2.05) is 0 Å². The molecular weight excluding hydrogens is 1360 g/mol. The van der Waals surface area contributed by atoms with Crippen LogP contribution >= 0.6 is 0 Å². The lowest BCUT2D eigenvalue weighted by atomic mass is 9.81. The summed E-state index contributed by atoms with van der Waals surface area (Å²) in [5, 5.41) is 84.9. The van der Waals surface area contributed by atoms with E-state index < -0.39 is 208 Å². The number of aliphatic hydroxyl groups is 6. The van der Waals surface area contributed by atoms with Gasteiger partial charge in [0.05, 0.1) is 61.3 Å². The van der Waals surface area contributed by atoms with Crippen LogP contribution in [0.2, 0.25) is 0 Å². The van der Waals surface area contributed by atoms with Crippen LogP contribution in [0.5, 0.6) is 0 Å². The number of cyclic esters (lactones) is 1. The minimum absolute atomic E-state index is 0.00744. The van der Waals surface area contributed by atoms with Crippen LogP contribution in [0.25, 0.3) is 22.3 Å². The molecule has 35 nitrogen and oxygen atoms in total. The molecule has 0 saturated carbocycles. The van der Waals surface area contributed by atoms with Gasteiger partial charge in [0.25, 0.3) is 23.3 Å². The van der Waals surface area contributed by atoms with Crippen LogP contribution in [0.15, 0.2) is 59.4 Å². The second kappa shape index (κ2) is 32.9. The first kappa shape index (κ1) is 75.6. The third kappa shape index (κ3) is 17.0. The van der Waals surface area contributed by atoms with Crippen molar-refractivity contribution in [3.63, 3.8) is 0 Å². The highest BCUT2D eigenvalue weighted by Gasteiger charge is 2.51. The zero-order chi connectivity index (χ0) is 74.1. The second-order valence-corrected chi connectivity index (χ2v) is 25.5. The van der Waals surface area contributed by atoms with Crippen molar-refractivity contribution in [2.24, 2.45) is 0 Å². The first-order valence-corrected chi connectivity index (χ1v) is 33.4. The molecule has 2 aromatic carbocycles. The lowest BCUT2D eigenvalue weighted by Gasteiger charge is -2.31. The number of halogens is 1. The highest BCUT2D eigenvalue weighted by molar-refractivity contribution is 6.13. The predicted molar refractivity (Wildman–Crippen MR) is 349 cm³/mol. The molecule has 0 spiro atoms. The van der Waals surface area contributed by atoms with Crippen molar-refractivity contribution in [3.8, 4) is 11.4 Å². The number of fused-ring (bicyclic) bond motifs is 5. The van der Waals surface area contributed by atoms with E-state index in [9.17, 15) is 93.0 Å². The average molecular weight is 1440 g/mol. The SMILES string of the molecule is CC[C@@]1(O)C(=O)OCc2c1cc1n(c2=O)Cc2c-1nc1cc(F)c(C)c3c1c2[C@@H](NC(=O)COCNC(=O)CNC(=O)[C@H](Cc1ccccc1)NC(=O)CNC(=O)CNC(=O)[C@H](CCC(=O)NC1O[C@H](C(=O)NC2O[C@H](CO)[C@@H](O)[C@H]2O)[C@@H](O)[C@H]1O)NC(=O)CCCCCN1C(=O)C=CC1=O)CC3. The number of amides is 11. The standard InChI is InChI=1S/C67H79FN12O23/c1-3-67(99)36-21-42-54-34(26-80(42)65(97)35(36)28-101-66(67)98)53-38(14-13-33-31(2)37(68)22-40(76-54)52(33)53)73-49(87)29-100-30-72-47(85)24-71-61(95)41(20-32-10-6-4-7-11-32)75-48(86)25-69-46(84)23-70-60(94)39(74-44(82)12-8-5-9-19-79-50(88)17-18-51(79)89)15-16-45(83)77-63-58(93)56(91)59(103-63)62(96)78-64-57(92)55(90)43(27-81)102-64/h4,6-7,10-11,17-18,21-22,38-39,41,43,55-59,63-64,81,90-93,99H,3,5,8-9,12-16,19-20,23-30H2,1-2H3,(H,69,84)(H,70,94)(H,71,95)(H,72,85)(H,73,87)(H,74,82)(H,75,86)(H,77,83)(H,78,96)/t38-,39-,41-,43+,55+,56-,57+,58+,59-,63?,64?,67-/m0/s1. The highest BCUT2D eigenvalue weighted by Crippen LogP contribution is 2.46. The zero-order valence-corrected chi connectivity index (χ0v) is 55.8. The Balaban J connectivity index is 0.688. The van der Waals surface area contributed by atoms with Gasteiger partial charge in [-0.2, -0.15) is 0 Å². The lowest BCUT2D eigenvalue weighted by molar-refractivity contribution is -0.172. The maximum atomic E-state index is 15.5. The molecule has 552 valence electrons. The number of aryl methyl sites for hydroxylation is 1. The fraction of sp³-hybridized carbons (Fsp3) is 0.493. The number of imide groups is 1. The van der Waals surface area contributed by atoms with Gasteiger partial charge in [-0.05, 0) is 73.8 Å². The average Bonchev–Trinajstić information content (AvgIpc) is 1.62. The monoisotopic (exact) mass is 1440 g/mol. The molecule has 6 aliphatic rings. The summed E-state index contributed by atoms with van der Waals surface area (Å²) in [5.74, 6) is -10.1. The molecular formula is C67H79FN12O23. The molecule has 4 aromatic rings. The molecule has 0 bridgehead atoms. The molecule has 15 N–H and O–H groups in total. The Labute approximate surface area is 584 Å². The van der Waals surface area contributed by atoms with E-state index in [0.717, 1.165) is 17.1 Å². The number of aromatic nitrogens is 2. The Morgan fingerprint density at radius 1 is 0.728 bits per heavy atom. The van der Waals surface area contributed by atoms with Gasteiger partial charge in [-0.25, -0.2) is 14.2 Å². The largest absolute Gasteiger partial charge is 0.458 e. The molecule has 2 fully saturated rings. The third-order valence-electron chi connectivity index (χ3n) is 18.7. The summed E-state index contributed by atoms with van der Waals surface area (Å²) in [6, 6.07) is 7.72. The summed E-state index contributed by atoms with van der Waals surface area (Å²) in [6.07, 6.45) is -11.0. The van der Waals surface area contributed by atoms with E-state index in [1.165, 1.54) is 16.7 Å². The molecule has 1 aliphatic carbocycles. The van der Waals surface area contributed by atoms with Crippen LogP contribution < -0.4 is 53.4 Å². The van der Waals surface area contributed by atoms with Gasteiger partial charge in [0.15, 0.2) is 24.2 Å². The van der Waals surface area contributed by atoms with Crippen molar-refractivity contribution in [1.29, 1.82) is 0 Å². The molecule has 0 radical (unpaired) electrons. The van der Waals surface area contributed by atoms with E-state index in [2.05, 4.69) is 47.9 Å². The van der Waals surface area contributed by atoms with E-state index in [0.29, 0.717) is 70.3 Å². The van der Waals surface area contributed by atoms with Crippen molar-refractivity contribution in [2.75, 3.05) is 46.1 Å². The number of carbonyl (C=O) groups is 12. The Morgan fingerprint density at radius 3 is 2.10 bits per heavy atom. The molecule has 2 aromatic heterocycles. The number of nitrogens with one attached hydrogen (secondary N) is 9. The Morgan fingerprint density at radius 2 is 1.40 bits per heavy atom. The fourth-order valence-electron chi connectivity index (χ4n) is 13.1. The smallest absolute Gasteiger partial charge is 0.343 e. The Hall–Kier alpha value is -10.0. The van der Waals surface area contributed by atoms with Gasteiger partial charge in [0.1, 0.15) is 68.4 Å². The van der Waals surface area contributed by atoms with Crippen molar-refractivity contribution >= 4 is 81.9 Å². The number of hydrogen-bond donors (Lipinski definition) is 15. The van der Waals surface area contributed by atoms with E-state index in [4.69, 9.17) is 23.9 Å². The fourth-order valence-corrected chi connectivity index (χ4v) is 13.1. The van der Waals surface area contributed by atoms with E-state index in [-0.39, 0.29) is 62.0 Å². The number of benzene rings is 2. The third-order valence-corrected chi connectivity index (χ3v) is 18.7. The summed E-state index contributed by atoms with van der Waals surface area (Å²) in [4.78, 5) is 176. The summed E-state index contributed by atoms with van der Waals surface area (Å²) in [6.45, 7) is -0.950. The van der Waals surface area contributed by atoms with Crippen LogP contribution in [-0.2, 0) is 108 Å². The van der Waals surface area contributed by atoms with Gasteiger partial charge in [-0.3, -0.25) is 62.4 Å². The van der Waals surface area contributed by atoms with Crippen molar-refractivity contribution < 1.29 is 112 Å².